The number of nitrogens with zero attached hydrogens (tertiary/aromatic N) is 2. The van der Waals surface area contributed by atoms with Crippen LogP contribution in [-0.4, -0.2) is 145 Å². The van der Waals surface area contributed by atoms with Crippen LogP contribution in [-0.2, 0) is 65.1 Å². The first-order chi connectivity index (χ1) is 32.8. The van der Waals surface area contributed by atoms with E-state index < -0.39 is 124 Å². The first-order valence-electron chi connectivity index (χ1n) is 23.7. The molecule has 394 valence electrons. The van der Waals surface area contributed by atoms with Gasteiger partial charge in [-0.2, -0.15) is 0 Å². The molecule has 1 aromatic rings. The number of phenols is 1. The van der Waals surface area contributed by atoms with Crippen molar-refractivity contribution in [2.45, 2.75) is 163 Å². The van der Waals surface area contributed by atoms with E-state index in [9.17, 15) is 57.6 Å². The summed E-state index contributed by atoms with van der Waals surface area (Å²) < 4.78 is 18.1. The Morgan fingerprint density at radius 2 is 1.40 bits per heavy atom. The summed E-state index contributed by atoms with van der Waals surface area (Å²) in [6.07, 6.45) is -0.898. The summed E-state index contributed by atoms with van der Waals surface area (Å²) in [7, 11) is -0.223. The standard InChI is InChI=1S/C48H78N8O13S/c1-13-28(7)40(53-45(64)37(24-33-17-19-34(59)20-18-33)55(12)47(66)42(29(8)14-2)56(26-57)32(11)58)48(67)69-31(10)41(46(65)52-36(23-27(5)6)44(63)50-30(9)15-3)54-43(62)35(21-22-38(49)60)51-39(61)25-70(68)16-4/h15,17-20,26-29,31-32,35-37,40-42,58-59H,13-14,16,21-25H2,1-12H3,(H2,49,60)(H,50,63)(H,51,61)(H,52,65)(H,53,64)(H,54,62)/b30-15+/t28?,29?,31-,32+,35+,36+,37+,40+,41+,42+,70?/m1/s1. The lowest BCUT2D eigenvalue weighted by Crippen LogP contribution is -2.61. The van der Waals surface area contributed by atoms with E-state index in [4.69, 9.17) is 10.5 Å². The Hall–Kier alpha value is -5.90. The van der Waals surface area contributed by atoms with Crippen LogP contribution >= 0.6 is 0 Å². The Morgan fingerprint density at radius 1 is 0.814 bits per heavy atom. The number of esters is 1. The molecule has 9 N–H and O–H groups in total. The second-order valence-corrected chi connectivity index (χ2v) is 19.7. The molecule has 0 heterocycles. The number of aliphatic hydroxyl groups is 1. The van der Waals surface area contributed by atoms with Crippen LogP contribution in [0.5, 0.6) is 5.75 Å². The summed E-state index contributed by atoms with van der Waals surface area (Å²) in [5, 5.41) is 33.5. The van der Waals surface area contributed by atoms with Crippen LogP contribution in [0.3, 0.4) is 0 Å². The molecule has 0 fully saturated rings. The van der Waals surface area contributed by atoms with Gasteiger partial charge in [-0.25, -0.2) is 4.79 Å². The lowest BCUT2D eigenvalue weighted by Gasteiger charge is -2.38. The highest BCUT2D eigenvalue weighted by Crippen LogP contribution is 2.22. The van der Waals surface area contributed by atoms with Crippen LogP contribution < -0.4 is 32.3 Å². The number of allylic oxidation sites excluding steroid dienone is 2. The van der Waals surface area contributed by atoms with Gasteiger partial charge < -0.3 is 57.1 Å². The Balaban J connectivity index is 3.86. The summed E-state index contributed by atoms with van der Waals surface area (Å²) in [4.78, 5) is 124. The number of benzene rings is 1. The maximum atomic E-state index is 14.6. The highest BCUT2D eigenvalue weighted by atomic mass is 32.2. The largest absolute Gasteiger partial charge is 0.508 e. The lowest BCUT2D eigenvalue weighted by molar-refractivity contribution is -0.158. The minimum atomic E-state index is -1.77. The molecule has 0 saturated carbocycles. The predicted molar refractivity (Wildman–Crippen MR) is 263 cm³/mol. The third-order valence-corrected chi connectivity index (χ3v) is 13.2. The molecule has 21 nitrogen and oxygen atoms in total. The predicted octanol–water partition coefficient (Wildman–Crippen LogP) is 1.01. The van der Waals surface area contributed by atoms with Crippen LogP contribution in [0.4, 0.5) is 0 Å². The van der Waals surface area contributed by atoms with Gasteiger partial charge in [0.2, 0.25) is 47.8 Å². The van der Waals surface area contributed by atoms with E-state index in [0.717, 1.165) is 9.80 Å². The van der Waals surface area contributed by atoms with Gasteiger partial charge in [0.1, 0.15) is 60.1 Å². The Bertz CT molecular complexity index is 2000. The van der Waals surface area contributed by atoms with Gasteiger partial charge in [-0.1, -0.05) is 79.5 Å². The maximum Gasteiger partial charge on any atom is 0.329 e. The van der Waals surface area contributed by atoms with Crippen molar-refractivity contribution in [2.75, 3.05) is 18.6 Å². The Kier molecular flexibility index (Phi) is 27.2. The van der Waals surface area contributed by atoms with Gasteiger partial charge in [0.25, 0.3) is 0 Å². The number of carbonyl (C=O) groups is 9. The molecule has 11 atom stereocenters. The summed E-state index contributed by atoms with van der Waals surface area (Å²) >= 11 is 0. The van der Waals surface area contributed by atoms with Gasteiger partial charge in [-0.3, -0.25) is 42.6 Å². The average Bonchev–Trinajstić information content (AvgIpc) is 3.30. The number of primary amides is 1. The molecule has 0 radical (unpaired) electrons. The van der Waals surface area contributed by atoms with Gasteiger partial charge in [0.05, 0.1) is 0 Å². The number of nitrogens with one attached hydrogen (secondary N) is 5. The first kappa shape index (κ1) is 62.1. The fourth-order valence-corrected chi connectivity index (χ4v) is 7.73. The molecule has 3 unspecified atom stereocenters. The number of hydrogen-bond donors (Lipinski definition) is 8. The number of ether oxygens (including phenoxy) is 1. The van der Waals surface area contributed by atoms with Crippen molar-refractivity contribution in [3.8, 4) is 5.75 Å². The molecule has 22 heteroatoms. The normalized spacial score (nSPS) is 16.2. The third-order valence-electron chi connectivity index (χ3n) is 11.9. The van der Waals surface area contributed by atoms with Gasteiger partial charge >= 0.3 is 5.97 Å². The second-order valence-electron chi connectivity index (χ2n) is 18.0. The maximum absolute atomic E-state index is 14.6. The summed E-state index contributed by atoms with van der Waals surface area (Å²) in [6.45, 7) is 18.1. The number of aromatic hydroxyl groups is 1. The molecule has 0 aliphatic carbocycles. The van der Waals surface area contributed by atoms with E-state index >= 15 is 0 Å². The van der Waals surface area contributed by atoms with Crippen LogP contribution in [0, 0.1) is 17.8 Å². The van der Waals surface area contributed by atoms with E-state index in [0.29, 0.717) is 30.5 Å². The number of aliphatic hydroxyl groups excluding tert-OH is 1. The molecule has 70 heavy (non-hydrogen) atoms. The first-order valence-corrected chi connectivity index (χ1v) is 25.2. The second kappa shape index (κ2) is 30.7. The van der Waals surface area contributed by atoms with Crippen molar-refractivity contribution < 1.29 is 62.3 Å². The van der Waals surface area contributed by atoms with E-state index in [1.807, 2.05) is 13.8 Å². The van der Waals surface area contributed by atoms with Gasteiger partial charge in [-0.15, -0.1) is 0 Å². The summed E-state index contributed by atoms with van der Waals surface area (Å²) in [6, 6.07) is -2.53. The fourth-order valence-electron chi connectivity index (χ4n) is 7.15. The molecule has 0 bridgehead atoms. The Morgan fingerprint density at radius 3 is 1.90 bits per heavy atom. The minimum absolute atomic E-state index is 0.0560. The van der Waals surface area contributed by atoms with Crippen LogP contribution in [0.15, 0.2) is 36.0 Å². The highest BCUT2D eigenvalue weighted by molar-refractivity contribution is 7.85. The van der Waals surface area contributed by atoms with E-state index in [2.05, 4.69) is 26.6 Å². The zero-order valence-corrected chi connectivity index (χ0v) is 43.6. The van der Waals surface area contributed by atoms with Crippen molar-refractivity contribution >= 4 is 64.5 Å². The molecule has 0 aromatic heterocycles. The van der Waals surface area contributed by atoms with Crippen molar-refractivity contribution in [2.24, 2.45) is 23.5 Å². The molecule has 1 rings (SSSR count). The number of rotatable bonds is 31. The SMILES string of the molecule is C/C=C(\C)NC(=O)[C@H](CC(C)C)NC(=O)[C@@H](NC(=O)[C@H](CCC(N)=O)NC(=O)CS(=O)CC)[C@@H](C)OC(=O)[C@@H](NC(=O)[C@H](Cc1ccc(O)cc1)N(C)C(=O)[C@H](C(C)CC)N(C=O)[C@H](C)O)C(C)CC. The molecule has 0 aliphatic rings. The van der Waals surface area contributed by atoms with Gasteiger partial charge in [0.15, 0.2) is 0 Å². The van der Waals surface area contributed by atoms with Crippen molar-refractivity contribution in [1.82, 2.24) is 36.4 Å². The number of phenolic OH excluding ortho intramolecular Hbond substituents is 1. The average molecular weight is 1010 g/mol. The van der Waals surface area contributed by atoms with Gasteiger partial charge in [0, 0.05) is 42.1 Å². The molecule has 8 amide bonds. The smallest absolute Gasteiger partial charge is 0.329 e. The molecule has 0 saturated heterocycles. The highest BCUT2D eigenvalue weighted by Gasteiger charge is 2.41. The number of carbonyl (C=O) groups excluding carboxylic acids is 9. The minimum Gasteiger partial charge on any atom is -0.508 e. The third kappa shape index (κ3) is 20.2. The van der Waals surface area contributed by atoms with Crippen LogP contribution in [0.1, 0.15) is 114 Å². The molecular formula is C48H78N8O13S. The number of amides is 8. The summed E-state index contributed by atoms with van der Waals surface area (Å²) in [5.41, 5.74) is 6.37. The van der Waals surface area contributed by atoms with Gasteiger partial charge in [-0.05, 0) is 76.0 Å². The number of nitrogens with two attached hydrogens (primary N) is 1. The van der Waals surface area contributed by atoms with E-state index in [1.165, 1.54) is 33.0 Å². The monoisotopic (exact) mass is 1010 g/mol. The Labute approximate surface area is 414 Å². The fraction of sp³-hybridized carbons (Fsp3) is 0.646. The van der Waals surface area contributed by atoms with Crippen LogP contribution in [0.2, 0.25) is 0 Å². The topological polar surface area (TPSA) is 313 Å². The lowest BCUT2D eigenvalue weighted by atomic mass is 9.94. The summed E-state index contributed by atoms with van der Waals surface area (Å²) in [5.74, 6) is -8.35. The van der Waals surface area contributed by atoms with E-state index in [1.54, 1.807) is 66.7 Å². The quantitative estimate of drug-likeness (QED) is 0.0293. The number of hydrogen-bond acceptors (Lipinski definition) is 13. The zero-order chi connectivity index (χ0) is 53.6. The van der Waals surface area contributed by atoms with E-state index in [-0.39, 0.29) is 43.1 Å². The molecule has 1 aromatic carbocycles. The van der Waals surface area contributed by atoms with Crippen molar-refractivity contribution in [3.05, 3.63) is 41.6 Å². The zero-order valence-electron chi connectivity index (χ0n) is 42.7. The van der Waals surface area contributed by atoms with Crippen molar-refractivity contribution in [1.29, 1.82) is 0 Å². The molecule has 0 aliphatic heterocycles. The molecule has 0 spiro atoms. The number of likely N-dealkylation sites (N-methyl/N-ethyl adjacent to an activating group) is 1. The molecular weight excluding hydrogens is 929 g/mol. The van der Waals surface area contributed by atoms with Crippen LogP contribution in [0.25, 0.3) is 0 Å². The van der Waals surface area contributed by atoms with Crippen molar-refractivity contribution in [3.63, 3.8) is 0 Å².